The summed E-state index contributed by atoms with van der Waals surface area (Å²) in [5, 5.41) is 37.3. The summed E-state index contributed by atoms with van der Waals surface area (Å²) in [6.45, 7) is 5.88. The van der Waals surface area contributed by atoms with Gasteiger partial charge >= 0.3 is 11.9 Å². The maximum atomic E-state index is 9.77. The van der Waals surface area contributed by atoms with E-state index in [1.165, 1.54) is 6.42 Å². The molecule has 0 aliphatic carbocycles. The normalized spacial score (nSPS) is 19.0. The van der Waals surface area contributed by atoms with Gasteiger partial charge in [-0.1, -0.05) is 23.2 Å². The van der Waals surface area contributed by atoms with Crippen molar-refractivity contribution in [3.8, 4) is 0 Å². The molecule has 1 saturated heterocycles. The molecule has 1 aliphatic rings. The van der Waals surface area contributed by atoms with Crippen LogP contribution in [0.4, 0.5) is 0 Å². The lowest BCUT2D eigenvalue weighted by Crippen LogP contribution is -2.44. The third-order valence-corrected chi connectivity index (χ3v) is 5.01. The van der Waals surface area contributed by atoms with E-state index >= 15 is 0 Å². The molecular formula is C19H28Cl2N2O7. The van der Waals surface area contributed by atoms with Crippen LogP contribution in [0.25, 0.3) is 0 Å². The van der Waals surface area contributed by atoms with Gasteiger partial charge in [-0.3, -0.25) is 4.90 Å². The van der Waals surface area contributed by atoms with E-state index < -0.39 is 24.1 Å². The molecule has 0 radical (unpaired) electrons. The lowest BCUT2D eigenvalue weighted by molar-refractivity contribution is -0.165. The Labute approximate surface area is 185 Å². The highest BCUT2D eigenvalue weighted by Gasteiger charge is 2.29. The summed E-state index contributed by atoms with van der Waals surface area (Å²) in [6.07, 6.45) is -3.36. The summed E-state index contributed by atoms with van der Waals surface area (Å²) in [7, 11) is 1.75. The molecule has 4 atom stereocenters. The summed E-state index contributed by atoms with van der Waals surface area (Å²) >= 11 is 12.2. The second-order valence-corrected chi connectivity index (χ2v) is 7.84. The Bertz CT molecular complexity index is 663. The first kappa shape index (κ1) is 26.6. The number of ether oxygens (including phenoxy) is 1. The van der Waals surface area contributed by atoms with Crippen LogP contribution in [-0.4, -0.2) is 88.4 Å². The number of hydrogen-bond donors (Lipinski definition) is 5. The minimum absolute atomic E-state index is 0.364. The molecule has 0 spiro atoms. The SMILES string of the molecule is COCC(C)N(Cc1cc(Cl)cc(Cl)c1)[C@H]1CCNC1.O=C(O)C(O)C(O)C(=O)O. The van der Waals surface area contributed by atoms with Crippen molar-refractivity contribution in [2.45, 2.75) is 44.2 Å². The molecule has 0 bridgehead atoms. The van der Waals surface area contributed by atoms with Gasteiger partial charge in [-0.2, -0.15) is 0 Å². The van der Waals surface area contributed by atoms with Gasteiger partial charge in [0, 0.05) is 42.3 Å². The maximum Gasteiger partial charge on any atom is 0.335 e. The fourth-order valence-electron chi connectivity index (χ4n) is 3.09. The number of nitrogens with one attached hydrogen (secondary N) is 1. The zero-order chi connectivity index (χ0) is 22.8. The Morgan fingerprint density at radius 2 is 1.70 bits per heavy atom. The second kappa shape index (κ2) is 13.1. The Morgan fingerprint density at radius 3 is 2.10 bits per heavy atom. The molecule has 5 N–H and O–H groups in total. The van der Waals surface area contributed by atoms with Gasteiger partial charge in [0.1, 0.15) is 0 Å². The highest BCUT2D eigenvalue weighted by molar-refractivity contribution is 6.34. The van der Waals surface area contributed by atoms with Gasteiger partial charge < -0.3 is 30.5 Å². The van der Waals surface area contributed by atoms with Crippen LogP contribution >= 0.6 is 23.2 Å². The number of halogens is 2. The number of rotatable bonds is 9. The van der Waals surface area contributed by atoms with E-state index in [2.05, 4.69) is 17.1 Å². The molecule has 0 amide bonds. The summed E-state index contributed by atoms with van der Waals surface area (Å²) in [5.74, 6) is -3.54. The Kier molecular flexibility index (Phi) is 11.6. The number of aliphatic hydroxyl groups is 2. The molecule has 1 aliphatic heterocycles. The fraction of sp³-hybridized carbons (Fsp3) is 0.579. The van der Waals surface area contributed by atoms with Crippen molar-refractivity contribution in [2.75, 3.05) is 26.8 Å². The lowest BCUT2D eigenvalue weighted by atomic mass is 10.1. The first-order valence-corrected chi connectivity index (χ1v) is 10.0. The van der Waals surface area contributed by atoms with Gasteiger partial charge in [0.25, 0.3) is 0 Å². The van der Waals surface area contributed by atoms with Gasteiger partial charge in [0.15, 0.2) is 12.2 Å². The molecule has 0 aromatic heterocycles. The minimum Gasteiger partial charge on any atom is -0.479 e. The van der Waals surface area contributed by atoms with Crippen LogP contribution in [0, 0.1) is 0 Å². The summed E-state index contributed by atoms with van der Waals surface area (Å²) < 4.78 is 5.32. The van der Waals surface area contributed by atoms with Gasteiger partial charge in [-0.25, -0.2) is 9.59 Å². The molecule has 30 heavy (non-hydrogen) atoms. The highest BCUT2D eigenvalue weighted by atomic mass is 35.5. The minimum atomic E-state index is -2.27. The van der Waals surface area contributed by atoms with Gasteiger partial charge in [-0.15, -0.1) is 0 Å². The van der Waals surface area contributed by atoms with Crippen LogP contribution in [0.15, 0.2) is 18.2 Å². The van der Waals surface area contributed by atoms with Crippen molar-refractivity contribution in [1.29, 1.82) is 0 Å². The number of aliphatic carboxylic acids is 2. The monoisotopic (exact) mass is 466 g/mol. The Hall–Kier alpha value is -1.46. The lowest BCUT2D eigenvalue weighted by Gasteiger charge is -2.34. The zero-order valence-corrected chi connectivity index (χ0v) is 18.3. The average Bonchev–Trinajstić information content (AvgIpc) is 3.19. The number of aliphatic hydroxyl groups excluding tert-OH is 2. The molecule has 1 aromatic carbocycles. The van der Waals surface area contributed by atoms with E-state index in [0.29, 0.717) is 22.1 Å². The summed E-state index contributed by atoms with van der Waals surface area (Å²) in [4.78, 5) is 22.0. The van der Waals surface area contributed by atoms with Crippen molar-refractivity contribution < 1.29 is 34.8 Å². The second-order valence-electron chi connectivity index (χ2n) is 6.97. The fourth-order valence-corrected chi connectivity index (χ4v) is 3.66. The summed E-state index contributed by atoms with van der Waals surface area (Å²) in [6, 6.07) is 6.65. The number of benzene rings is 1. The molecule has 1 heterocycles. The molecule has 1 fully saturated rings. The molecule has 1 aromatic rings. The number of carbonyl (C=O) groups is 2. The van der Waals surface area contributed by atoms with Crippen LogP contribution in [0.2, 0.25) is 10.0 Å². The number of carboxylic acids is 2. The van der Waals surface area contributed by atoms with Crippen molar-refractivity contribution in [3.05, 3.63) is 33.8 Å². The van der Waals surface area contributed by atoms with Crippen LogP contribution in [-0.2, 0) is 20.9 Å². The smallest absolute Gasteiger partial charge is 0.335 e. The Morgan fingerprint density at radius 1 is 1.17 bits per heavy atom. The van der Waals surface area contributed by atoms with Crippen LogP contribution in [0.3, 0.4) is 0 Å². The molecule has 170 valence electrons. The van der Waals surface area contributed by atoms with Gasteiger partial charge in [0.05, 0.1) is 6.61 Å². The first-order chi connectivity index (χ1) is 14.1. The molecular weight excluding hydrogens is 439 g/mol. The molecule has 3 unspecified atom stereocenters. The van der Waals surface area contributed by atoms with Crippen molar-refractivity contribution in [2.24, 2.45) is 0 Å². The van der Waals surface area contributed by atoms with Gasteiger partial charge in [-0.05, 0) is 43.7 Å². The predicted molar refractivity (Wildman–Crippen MR) is 112 cm³/mol. The molecule has 11 heteroatoms. The number of carboxylic acid groups (broad SMARTS) is 2. The first-order valence-electron chi connectivity index (χ1n) is 9.28. The standard InChI is InChI=1S/C15H22Cl2N2O.C4H6O6/c1-11(10-20-2)19(15-3-4-18-8-15)9-12-5-13(16)7-14(17)6-12;5-1(3(7)8)2(6)4(9)10/h5-7,11,15,18H,3-4,8-10H2,1-2H3;1-2,5-6H,(H,7,8)(H,9,10)/t11?,15-;/m0./s1. The van der Waals surface area contributed by atoms with E-state index in [1.807, 2.05) is 12.1 Å². The van der Waals surface area contributed by atoms with E-state index in [4.69, 9.17) is 48.4 Å². The average molecular weight is 467 g/mol. The Balaban J connectivity index is 0.000000382. The van der Waals surface area contributed by atoms with Crippen LogP contribution in [0.1, 0.15) is 18.9 Å². The number of hydrogen-bond acceptors (Lipinski definition) is 7. The maximum absolute atomic E-state index is 9.77. The quantitative estimate of drug-likeness (QED) is 0.361. The zero-order valence-electron chi connectivity index (χ0n) is 16.8. The van der Waals surface area contributed by atoms with Crippen molar-refractivity contribution in [1.82, 2.24) is 10.2 Å². The van der Waals surface area contributed by atoms with Crippen LogP contribution < -0.4 is 5.32 Å². The predicted octanol–water partition coefficient (Wildman–Crippen LogP) is 1.07. The van der Waals surface area contributed by atoms with E-state index in [-0.39, 0.29) is 0 Å². The van der Waals surface area contributed by atoms with Crippen LogP contribution in [0.5, 0.6) is 0 Å². The molecule has 9 nitrogen and oxygen atoms in total. The van der Waals surface area contributed by atoms with E-state index in [0.717, 1.165) is 31.8 Å². The topological polar surface area (TPSA) is 140 Å². The molecule has 2 rings (SSSR count). The van der Waals surface area contributed by atoms with Gasteiger partial charge in [0.2, 0.25) is 0 Å². The highest BCUT2D eigenvalue weighted by Crippen LogP contribution is 2.23. The largest absolute Gasteiger partial charge is 0.479 e. The third-order valence-electron chi connectivity index (χ3n) is 4.57. The number of methoxy groups -OCH3 is 1. The van der Waals surface area contributed by atoms with Crippen molar-refractivity contribution in [3.63, 3.8) is 0 Å². The molecule has 0 saturated carbocycles. The van der Waals surface area contributed by atoms with E-state index in [1.54, 1.807) is 13.2 Å². The van der Waals surface area contributed by atoms with E-state index in [9.17, 15) is 9.59 Å². The third kappa shape index (κ3) is 8.73. The van der Waals surface area contributed by atoms with Crippen molar-refractivity contribution >= 4 is 35.1 Å². The summed E-state index contributed by atoms with van der Waals surface area (Å²) in [5.41, 5.74) is 1.15. The number of nitrogens with zero attached hydrogens (tertiary/aromatic N) is 1.